The third kappa shape index (κ3) is 3.04. The highest BCUT2D eigenvalue weighted by atomic mass is 19.4. The van der Waals surface area contributed by atoms with Crippen LogP contribution in [0.25, 0.3) is 0 Å². The lowest BCUT2D eigenvalue weighted by Crippen LogP contribution is -2.37. The van der Waals surface area contributed by atoms with Gasteiger partial charge in [-0.2, -0.15) is 13.2 Å². The zero-order valence-electron chi connectivity index (χ0n) is 10.9. The van der Waals surface area contributed by atoms with E-state index in [0.717, 1.165) is 12.1 Å². The maximum atomic E-state index is 13.0. The molecule has 0 amide bonds. The van der Waals surface area contributed by atoms with Crippen LogP contribution in [0.3, 0.4) is 0 Å². The van der Waals surface area contributed by atoms with Crippen LogP contribution < -0.4 is 4.90 Å². The Morgan fingerprint density at radius 2 is 1.95 bits per heavy atom. The molecule has 0 radical (unpaired) electrons. The van der Waals surface area contributed by atoms with E-state index in [4.69, 9.17) is 4.74 Å². The summed E-state index contributed by atoms with van der Waals surface area (Å²) in [5, 5.41) is 0. The van der Waals surface area contributed by atoms with Crippen LogP contribution in [0.2, 0.25) is 0 Å². The van der Waals surface area contributed by atoms with Crippen molar-refractivity contribution in [3.8, 4) is 0 Å². The Labute approximate surface area is 114 Å². The van der Waals surface area contributed by atoms with Crippen molar-refractivity contribution in [1.29, 1.82) is 0 Å². The number of hydrogen-bond donors (Lipinski definition) is 0. The molecule has 0 atom stereocenters. The summed E-state index contributed by atoms with van der Waals surface area (Å²) in [7, 11) is 1.19. The van der Waals surface area contributed by atoms with E-state index in [1.165, 1.54) is 13.2 Å². The van der Waals surface area contributed by atoms with Crippen LogP contribution in [0.15, 0.2) is 18.2 Å². The number of carbonyl (C=O) groups is 1. The topological polar surface area (TPSA) is 38.8 Å². The minimum absolute atomic E-state index is 0.0105. The number of halogens is 3. The summed E-state index contributed by atoms with van der Waals surface area (Å²) in [6.07, 6.45) is -4.47. The highest BCUT2D eigenvalue weighted by Gasteiger charge is 2.35. The highest BCUT2D eigenvalue weighted by Crippen LogP contribution is 2.37. The summed E-state index contributed by atoms with van der Waals surface area (Å²) >= 11 is 0. The molecule has 0 unspecified atom stereocenters. The first-order valence-corrected chi connectivity index (χ1v) is 6.05. The van der Waals surface area contributed by atoms with Crippen LogP contribution >= 0.6 is 0 Å². The average Bonchev–Trinajstić information content (AvgIpc) is 2.45. The molecule has 20 heavy (non-hydrogen) atoms. The number of nitrogens with zero attached hydrogens (tertiary/aromatic N) is 1. The zero-order valence-corrected chi connectivity index (χ0v) is 10.9. The predicted molar refractivity (Wildman–Crippen MR) is 65.8 cm³/mol. The van der Waals surface area contributed by atoms with Gasteiger partial charge in [0.2, 0.25) is 0 Å². The van der Waals surface area contributed by atoms with Gasteiger partial charge in [0.1, 0.15) is 0 Å². The second-order valence-corrected chi connectivity index (χ2v) is 4.32. The number of ether oxygens (including phenoxy) is 2. The predicted octanol–water partition coefficient (Wildman–Crippen LogP) is 2.33. The lowest BCUT2D eigenvalue weighted by Gasteiger charge is -2.31. The molecular formula is C13H14F3NO3. The SMILES string of the molecule is COC(=O)c1ccc(C(F)(F)F)c(N2CCOCC2)c1. The molecule has 7 heteroatoms. The van der Waals surface area contributed by atoms with Crippen LogP contribution in [0.5, 0.6) is 0 Å². The van der Waals surface area contributed by atoms with Crippen molar-refractivity contribution >= 4 is 11.7 Å². The van der Waals surface area contributed by atoms with Crippen molar-refractivity contribution in [2.45, 2.75) is 6.18 Å². The van der Waals surface area contributed by atoms with E-state index >= 15 is 0 Å². The molecule has 1 saturated heterocycles. The van der Waals surface area contributed by atoms with Gasteiger partial charge in [-0.25, -0.2) is 4.79 Å². The van der Waals surface area contributed by atoms with Gasteiger partial charge in [-0.15, -0.1) is 0 Å². The third-order valence-corrected chi connectivity index (χ3v) is 3.08. The molecule has 0 spiro atoms. The van der Waals surface area contributed by atoms with Gasteiger partial charge in [-0.05, 0) is 18.2 Å². The smallest absolute Gasteiger partial charge is 0.418 e. The van der Waals surface area contributed by atoms with Crippen LogP contribution in [0, 0.1) is 0 Å². The first kappa shape index (κ1) is 14.6. The minimum Gasteiger partial charge on any atom is -0.465 e. The minimum atomic E-state index is -4.47. The first-order chi connectivity index (χ1) is 9.43. The first-order valence-electron chi connectivity index (χ1n) is 6.05. The van der Waals surface area contributed by atoms with E-state index in [0.29, 0.717) is 26.3 Å². The van der Waals surface area contributed by atoms with E-state index in [9.17, 15) is 18.0 Å². The number of carbonyl (C=O) groups excluding carboxylic acids is 1. The molecule has 0 saturated carbocycles. The Morgan fingerprint density at radius 3 is 2.50 bits per heavy atom. The quantitative estimate of drug-likeness (QED) is 0.783. The van der Waals surface area contributed by atoms with Crippen molar-refractivity contribution in [2.75, 3.05) is 38.3 Å². The number of anilines is 1. The molecule has 0 N–H and O–H groups in total. The van der Waals surface area contributed by atoms with Crippen LogP contribution in [-0.2, 0) is 15.7 Å². The van der Waals surface area contributed by atoms with Crippen molar-refractivity contribution in [2.24, 2.45) is 0 Å². The maximum absolute atomic E-state index is 13.0. The van der Waals surface area contributed by atoms with Gasteiger partial charge in [0.05, 0.1) is 31.5 Å². The highest BCUT2D eigenvalue weighted by molar-refractivity contribution is 5.91. The third-order valence-electron chi connectivity index (χ3n) is 3.08. The van der Waals surface area contributed by atoms with E-state index in [-0.39, 0.29) is 11.3 Å². The second kappa shape index (κ2) is 5.70. The maximum Gasteiger partial charge on any atom is 0.418 e. The molecule has 1 aliphatic rings. The summed E-state index contributed by atoms with van der Waals surface area (Å²) in [4.78, 5) is 13.0. The summed E-state index contributed by atoms with van der Waals surface area (Å²) in [5.74, 6) is -0.659. The Balaban J connectivity index is 2.44. The standard InChI is InChI=1S/C13H14F3NO3/c1-19-12(18)9-2-3-10(13(14,15)16)11(8-9)17-4-6-20-7-5-17/h2-3,8H,4-7H2,1H3. The second-order valence-electron chi connectivity index (χ2n) is 4.32. The molecular weight excluding hydrogens is 275 g/mol. The van der Waals surface area contributed by atoms with Gasteiger partial charge in [0.15, 0.2) is 0 Å². The number of esters is 1. The molecule has 1 heterocycles. The normalized spacial score (nSPS) is 16.1. The number of methoxy groups -OCH3 is 1. The van der Waals surface area contributed by atoms with Gasteiger partial charge < -0.3 is 14.4 Å². The molecule has 0 aliphatic carbocycles. The van der Waals surface area contributed by atoms with E-state index in [1.807, 2.05) is 0 Å². The number of alkyl halides is 3. The Hall–Kier alpha value is -1.76. The van der Waals surface area contributed by atoms with Crippen LogP contribution in [0.4, 0.5) is 18.9 Å². The largest absolute Gasteiger partial charge is 0.465 e. The number of rotatable bonds is 2. The molecule has 110 valence electrons. The molecule has 1 aromatic rings. The monoisotopic (exact) mass is 289 g/mol. The fourth-order valence-electron chi connectivity index (χ4n) is 2.08. The molecule has 2 rings (SSSR count). The van der Waals surface area contributed by atoms with Crippen LogP contribution in [0.1, 0.15) is 15.9 Å². The Bertz CT molecular complexity index is 496. The van der Waals surface area contributed by atoms with Gasteiger partial charge in [-0.1, -0.05) is 0 Å². The van der Waals surface area contributed by atoms with Gasteiger partial charge in [-0.3, -0.25) is 0 Å². The zero-order chi connectivity index (χ0) is 14.8. The van der Waals surface area contributed by atoms with Crippen molar-refractivity contribution in [1.82, 2.24) is 0 Å². The number of morpholine rings is 1. The summed E-state index contributed by atoms with van der Waals surface area (Å²) in [6, 6.07) is 3.26. The van der Waals surface area contributed by atoms with Crippen molar-refractivity contribution < 1.29 is 27.4 Å². The van der Waals surface area contributed by atoms with E-state index in [2.05, 4.69) is 4.74 Å². The van der Waals surface area contributed by atoms with Gasteiger partial charge in [0, 0.05) is 18.8 Å². The van der Waals surface area contributed by atoms with E-state index < -0.39 is 17.7 Å². The van der Waals surface area contributed by atoms with Gasteiger partial charge >= 0.3 is 12.1 Å². The number of hydrogen-bond acceptors (Lipinski definition) is 4. The average molecular weight is 289 g/mol. The van der Waals surface area contributed by atoms with E-state index in [1.54, 1.807) is 4.90 Å². The van der Waals surface area contributed by atoms with Crippen molar-refractivity contribution in [3.05, 3.63) is 29.3 Å². The number of benzene rings is 1. The summed E-state index contributed by atoms with van der Waals surface area (Å²) in [5.41, 5.74) is -0.669. The molecule has 4 nitrogen and oxygen atoms in total. The molecule has 1 aliphatic heterocycles. The van der Waals surface area contributed by atoms with Crippen molar-refractivity contribution in [3.63, 3.8) is 0 Å². The summed E-state index contributed by atoms with van der Waals surface area (Å²) < 4.78 is 48.8. The summed E-state index contributed by atoms with van der Waals surface area (Å²) in [6.45, 7) is 1.43. The molecule has 1 aromatic carbocycles. The lowest BCUT2D eigenvalue weighted by molar-refractivity contribution is -0.137. The Morgan fingerprint density at radius 1 is 1.30 bits per heavy atom. The Kier molecular flexibility index (Phi) is 4.17. The molecule has 1 fully saturated rings. The van der Waals surface area contributed by atoms with Crippen LogP contribution in [-0.4, -0.2) is 39.4 Å². The molecule has 0 bridgehead atoms. The lowest BCUT2D eigenvalue weighted by atomic mass is 10.1. The van der Waals surface area contributed by atoms with Gasteiger partial charge in [0.25, 0.3) is 0 Å². The fraction of sp³-hybridized carbons (Fsp3) is 0.462. The fourth-order valence-corrected chi connectivity index (χ4v) is 2.08. The molecule has 0 aromatic heterocycles.